The van der Waals surface area contributed by atoms with Crippen molar-refractivity contribution in [2.45, 2.75) is 72.3 Å². The van der Waals surface area contributed by atoms with Crippen molar-refractivity contribution < 1.29 is 4.79 Å². The summed E-state index contributed by atoms with van der Waals surface area (Å²) in [6, 6.07) is 0.453. The highest BCUT2D eigenvalue weighted by molar-refractivity contribution is 5.74. The van der Waals surface area contributed by atoms with E-state index in [1.54, 1.807) is 0 Å². The van der Waals surface area contributed by atoms with Crippen molar-refractivity contribution in [2.24, 2.45) is 0 Å². The Labute approximate surface area is 107 Å². The fourth-order valence-electron chi connectivity index (χ4n) is 1.77. The molecule has 0 fully saturated rings. The molecule has 3 heteroatoms. The second kappa shape index (κ2) is 10.4. The van der Waals surface area contributed by atoms with E-state index in [0.29, 0.717) is 6.04 Å². The third-order valence-corrected chi connectivity index (χ3v) is 3.16. The van der Waals surface area contributed by atoms with Crippen LogP contribution in [0.2, 0.25) is 0 Å². The SMILES string of the molecule is CCCCN(CCCC)C(=O)NC(CC)CC. The third kappa shape index (κ3) is 7.24. The maximum absolute atomic E-state index is 12.1. The average Bonchev–Trinajstić information content (AvgIpc) is 2.35. The van der Waals surface area contributed by atoms with Gasteiger partial charge in [-0.05, 0) is 25.7 Å². The zero-order chi connectivity index (χ0) is 13.1. The van der Waals surface area contributed by atoms with Crippen molar-refractivity contribution in [3.05, 3.63) is 0 Å². The van der Waals surface area contributed by atoms with Crippen molar-refractivity contribution in [2.75, 3.05) is 13.1 Å². The van der Waals surface area contributed by atoms with E-state index < -0.39 is 0 Å². The second-order valence-electron chi connectivity index (χ2n) is 4.66. The minimum absolute atomic E-state index is 0.126. The zero-order valence-electron chi connectivity index (χ0n) is 12.1. The normalized spacial score (nSPS) is 10.6. The number of unbranched alkanes of at least 4 members (excludes halogenated alkanes) is 2. The highest BCUT2D eigenvalue weighted by Crippen LogP contribution is 2.03. The Morgan fingerprint density at radius 3 is 1.82 bits per heavy atom. The lowest BCUT2D eigenvalue weighted by Gasteiger charge is -2.25. The number of urea groups is 1. The van der Waals surface area contributed by atoms with E-state index in [0.717, 1.165) is 51.6 Å². The van der Waals surface area contributed by atoms with Crippen molar-refractivity contribution >= 4 is 6.03 Å². The molecular formula is C14H30N2O. The van der Waals surface area contributed by atoms with Gasteiger partial charge < -0.3 is 10.2 Å². The number of nitrogens with zero attached hydrogens (tertiary/aromatic N) is 1. The maximum atomic E-state index is 12.1. The van der Waals surface area contributed by atoms with Crippen molar-refractivity contribution in [1.29, 1.82) is 0 Å². The standard InChI is InChI=1S/C14H30N2O/c1-5-9-11-16(12-10-6-2)14(17)15-13(7-3)8-4/h13H,5-12H2,1-4H3,(H,15,17). The Balaban J connectivity index is 4.19. The first-order valence-corrected chi connectivity index (χ1v) is 7.24. The smallest absolute Gasteiger partial charge is 0.317 e. The van der Waals surface area contributed by atoms with Crippen LogP contribution in [0.15, 0.2) is 0 Å². The Hall–Kier alpha value is -0.730. The van der Waals surface area contributed by atoms with Gasteiger partial charge in [-0.1, -0.05) is 40.5 Å². The Morgan fingerprint density at radius 2 is 1.47 bits per heavy atom. The molecule has 0 aromatic heterocycles. The minimum atomic E-state index is 0.126. The largest absolute Gasteiger partial charge is 0.335 e. The van der Waals surface area contributed by atoms with E-state index in [2.05, 4.69) is 33.0 Å². The number of nitrogens with one attached hydrogen (secondary N) is 1. The molecule has 1 N–H and O–H groups in total. The summed E-state index contributed by atoms with van der Waals surface area (Å²) in [6.45, 7) is 10.4. The van der Waals surface area contributed by atoms with Crippen molar-refractivity contribution in [3.63, 3.8) is 0 Å². The summed E-state index contributed by atoms with van der Waals surface area (Å²) >= 11 is 0. The van der Waals surface area contributed by atoms with Gasteiger partial charge >= 0.3 is 6.03 Å². The minimum Gasteiger partial charge on any atom is -0.335 e. The summed E-state index contributed by atoms with van der Waals surface area (Å²) in [5.41, 5.74) is 0. The number of rotatable bonds is 9. The molecule has 0 aliphatic heterocycles. The first kappa shape index (κ1) is 16.3. The van der Waals surface area contributed by atoms with Crippen LogP contribution in [0, 0.1) is 0 Å². The molecule has 0 saturated carbocycles. The number of carbonyl (C=O) groups is 1. The number of amides is 2. The predicted octanol–water partition coefficient (Wildman–Crippen LogP) is 3.79. The molecule has 0 radical (unpaired) electrons. The number of carbonyl (C=O) groups excluding carboxylic acids is 1. The van der Waals surface area contributed by atoms with Gasteiger partial charge in [-0.3, -0.25) is 0 Å². The molecule has 0 aliphatic rings. The highest BCUT2D eigenvalue weighted by atomic mass is 16.2. The molecule has 0 aromatic rings. The van der Waals surface area contributed by atoms with Crippen LogP contribution in [0.3, 0.4) is 0 Å². The van der Waals surface area contributed by atoms with Crippen LogP contribution in [-0.2, 0) is 0 Å². The summed E-state index contributed by atoms with van der Waals surface area (Å²) in [7, 11) is 0. The quantitative estimate of drug-likeness (QED) is 0.655. The molecule has 0 rings (SSSR count). The number of hydrogen-bond acceptors (Lipinski definition) is 1. The molecule has 102 valence electrons. The second-order valence-corrected chi connectivity index (χ2v) is 4.66. The van der Waals surface area contributed by atoms with Crippen LogP contribution in [0.4, 0.5) is 4.79 Å². The summed E-state index contributed by atoms with van der Waals surface area (Å²) in [4.78, 5) is 14.1. The Morgan fingerprint density at radius 1 is 1.00 bits per heavy atom. The Kier molecular flexibility index (Phi) is 9.98. The van der Waals surface area contributed by atoms with Crippen LogP contribution in [0.25, 0.3) is 0 Å². The topological polar surface area (TPSA) is 32.3 Å². The van der Waals surface area contributed by atoms with E-state index in [1.807, 2.05) is 4.90 Å². The van der Waals surface area contributed by atoms with Gasteiger partial charge in [-0.2, -0.15) is 0 Å². The van der Waals surface area contributed by atoms with E-state index in [1.165, 1.54) is 0 Å². The van der Waals surface area contributed by atoms with E-state index >= 15 is 0 Å². The lowest BCUT2D eigenvalue weighted by molar-refractivity contribution is 0.191. The fourth-order valence-corrected chi connectivity index (χ4v) is 1.77. The van der Waals surface area contributed by atoms with Crippen LogP contribution in [0.1, 0.15) is 66.2 Å². The molecule has 0 aromatic carbocycles. The van der Waals surface area contributed by atoms with Crippen LogP contribution in [-0.4, -0.2) is 30.1 Å². The molecule has 0 unspecified atom stereocenters. The molecule has 0 saturated heterocycles. The summed E-state index contributed by atoms with van der Waals surface area (Å²) < 4.78 is 0. The predicted molar refractivity (Wildman–Crippen MR) is 74.3 cm³/mol. The molecule has 0 heterocycles. The number of hydrogen-bond donors (Lipinski definition) is 1. The van der Waals surface area contributed by atoms with E-state index in [-0.39, 0.29) is 6.03 Å². The first-order valence-electron chi connectivity index (χ1n) is 7.24. The highest BCUT2D eigenvalue weighted by Gasteiger charge is 2.14. The van der Waals surface area contributed by atoms with Crippen LogP contribution in [0.5, 0.6) is 0 Å². The van der Waals surface area contributed by atoms with Crippen LogP contribution >= 0.6 is 0 Å². The van der Waals surface area contributed by atoms with Gasteiger partial charge in [0.15, 0.2) is 0 Å². The van der Waals surface area contributed by atoms with Gasteiger partial charge in [0.2, 0.25) is 0 Å². The van der Waals surface area contributed by atoms with Crippen molar-refractivity contribution in [3.8, 4) is 0 Å². The molecule has 2 amide bonds. The Bertz CT molecular complexity index is 183. The molecule has 0 aliphatic carbocycles. The average molecular weight is 242 g/mol. The monoisotopic (exact) mass is 242 g/mol. The summed E-state index contributed by atoms with van der Waals surface area (Å²) in [6.07, 6.45) is 6.50. The zero-order valence-corrected chi connectivity index (χ0v) is 12.1. The summed E-state index contributed by atoms with van der Waals surface area (Å²) in [5.74, 6) is 0. The molecule has 17 heavy (non-hydrogen) atoms. The molecule has 0 bridgehead atoms. The van der Waals surface area contributed by atoms with Gasteiger partial charge in [0.05, 0.1) is 0 Å². The lowest BCUT2D eigenvalue weighted by Crippen LogP contribution is -2.45. The summed E-state index contributed by atoms with van der Waals surface area (Å²) in [5, 5.41) is 3.12. The van der Waals surface area contributed by atoms with Gasteiger partial charge in [-0.25, -0.2) is 4.79 Å². The van der Waals surface area contributed by atoms with Crippen molar-refractivity contribution in [1.82, 2.24) is 10.2 Å². The van der Waals surface area contributed by atoms with Gasteiger partial charge in [0, 0.05) is 19.1 Å². The fraction of sp³-hybridized carbons (Fsp3) is 0.929. The molecule has 3 nitrogen and oxygen atoms in total. The van der Waals surface area contributed by atoms with Gasteiger partial charge in [-0.15, -0.1) is 0 Å². The van der Waals surface area contributed by atoms with E-state index in [9.17, 15) is 4.79 Å². The van der Waals surface area contributed by atoms with Gasteiger partial charge in [0.25, 0.3) is 0 Å². The molecule has 0 atom stereocenters. The maximum Gasteiger partial charge on any atom is 0.317 e. The molecular weight excluding hydrogens is 212 g/mol. The van der Waals surface area contributed by atoms with E-state index in [4.69, 9.17) is 0 Å². The first-order chi connectivity index (χ1) is 8.19. The molecule has 0 spiro atoms. The lowest BCUT2D eigenvalue weighted by atomic mass is 10.2. The third-order valence-electron chi connectivity index (χ3n) is 3.16. The van der Waals surface area contributed by atoms with Gasteiger partial charge in [0.1, 0.15) is 0 Å². The van der Waals surface area contributed by atoms with Crippen LogP contribution < -0.4 is 5.32 Å².